The molecule has 0 amide bonds. The molecule has 95 heavy (non-hydrogen) atoms. The molecule has 0 radical (unpaired) electrons. The lowest BCUT2D eigenvalue weighted by Crippen LogP contribution is -2.61. The van der Waals surface area contributed by atoms with Gasteiger partial charge >= 0.3 is 0 Å². The van der Waals surface area contributed by atoms with Crippen molar-refractivity contribution in [3.8, 4) is 61.3 Å². The van der Waals surface area contributed by atoms with Crippen molar-refractivity contribution in [1.82, 2.24) is 4.57 Å². The number of nitrogens with zero attached hydrogens (tertiary/aromatic N) is 3. The molecule has 0 bridgehead atoms. The predicted molar refractivity (Wildman–Crippen MR) is 405 cm³/mol. The van der Waals surface area contributed by atoms with E-state index in [4.69, 9.17) is 12.6 Å². The SMILES string of the molecule is [2H]c1c([2H])c([2H])c(-c2ccc3c(c2)N(c2c(-c4ccccc4)cc(C(C)(C)C)cc2-c2ccccc2)c2cc(-n4c5ccc(C(C)(C)C)cc5c5cc(C(C)(C)C)ccc54)cc4c2B3c2ccc(-c3c([2H])c([2H])c([2H])c([2H])c3[2H])cc2N4c2cc(-c3ccccc3)cc3oc4ccccc4c23)c([2H])c1[2H]. The molecule has 0 aliphatic carbocycles. The lowest BCUT2D eigenvalue weighted by Gasteiger charge is -2.45. The van der Waals surface area contributed by atoms with Gasteiger partial charge in [0, 0.05) is 50.0 Å². The number of para-hydroxylation sites is 1. The van der Waals surface area contributed by atoms with E-state index in [1.165, 1.54) is 11.1 Å². The normalized spacial score (nSPS) is 14.5. The Morgan fingerprint density at radius 2 is 0.800 bits per heavy atom. The fourth-order valence-electron chi connectivity index (χ4n) is 14.7. The second-order valence-corrected chi connectivity index (χ2v) is 28.6. The zero-order valence-corrected chi connectivity index (χ0v) is 54.7. The summed E-state index contributed by atoms with van der Waals surface area (Å²) in [5.74, 6) is 0. The Bertz CT molecular complexity index is 6000. The maximum atomic E-state index is 9.63. The van der Waals surface area contributed by atoms with Gasteiger partial charge in [-0.3, -0.25) is 0 Å². The van der Waals surface area contributed by atoms with E-state index in [9.17, 15) is 5.48 Å². The second kappa shape index (κ2) is 21.9. The van der Waals surface area contributed by atoms with Crippen LogP contribution in [0.1, 0.15) is 92.7 Å². The number of hydrogen-bond acceptors (Lipinski definition) is 3. The molecule has 0 saturated heterocycles. The maximum Gasteiger partial charge on any atom is 0.252 e. The molecule has 0 N–H and O–H groups in total. The largest absolute Gasteiger partial charge is 0.456 e. The first-order valence-electron chi connectivity index (χ1n) is 37.8. The van der Waals surface area contributed by atoms with Crippen LogP contribution in [-0.4, -0.2) is 11.3 Å². The van der Waals surface area contributed by atoms with Gasteiger partial charge in [-0.25, -0.2) is 0 Å². The average molecular weight is 1230 g/mol. The highest BCUT2D eigenvalue weighted by atomic mass is 16.3. The van der Waals surface area contributed by atoms with Crippen LogP contribution in [0.4, 0.5) is 34.1 Å². The molecule has 0 unspecified atom stereocenters. The van der Waals surface area contributed by atoms with Crippen molar-refractivity contribution in [3.63, 3.8) is 0 Å². The molecule has 0 saturated carbocycles. The van der Waals surface area contributed by atoms with Crippen LogP contribution in [-0.2, 0) is 16.2 Å². The molecule has 4 heterocycles. The van der Waals surface area contributed by atoms with Gasteiger partial charge in [0.2, 0.25) is 0 Å². The smallest absolute Gasteiger partial charge is 0.252 e. The molecule has 2 aromatic heterocycles. The Morgan fingerprint density at radius 3 is 1.32 bits per heavy atom. The van der Waals surface area contributed by atoms with Crippen LogP contribution in [0.25, 0.3) is 105 Å². The molecular formula is C90H74BN3O. The molecule has 0 spiro atoms. The van der Waals surface area contributed by atoms with Crippen molar-refractivity contribution in [3.05, 3.63) is 302 Å². The zero-order valence-electron chi connectivity index (χ0n) is 64.7. The van der Waals surface area contributed by atoms with E-state index >= 15 is 0 Å². The Labute approximate surface area is 572 Å². The van der Waals surface area contributed by atoms with Crippen LogP contribution in [0.5, 0.6) is 0 Å². The van der Waals surface area contributed by atoms with E-state index < -0.39 is 43.0 Å². The van der Waals surface area contributed by atoms with Gasteiger partial charge in [0.05, 0.1) is 47.2 Å². The molecule has 5 heteroatoms. The van der Waals surface area contributed by atoms with Gasteiger partial charge in [0.15, 0.2) is 0 Å². The van der Waals surface area contributed by atoms with E-state index in [-0.39, 0.29) is 51.5 Å². The number of furan rings is 1. The summed E-state index contributed by atoms with van der Waals surface area (Å²) in [6.45, 7) is 19.6. The lowest BCUT2D eigenvalue weighted by molar-refractivity contribution is 0.590. The molecule has 458 valence electrons. The molecule has 17 rings (SSSR count). The first-order chi connectivity index (χ1) is 50.2. The molecule has 2 aliphatic rings. The fraction of sp³-hybridized carbons (Fsp3) is 0.133. The summed E-state index contributed by atoms with van der Waals surface area (Å²) < 4.78 is 102. The summed E-state index contributed by atoms with van der Waals surface area (Å²) in [5.41, 5.74) is 20.4. The first-order valence-corrected chi connectivity index (χ1v) is 32.8. The Morgan fingerprint density at radius 1 is 0.337 bits per heavy atom. The number of anilines is 6. The van der Waals surface area contributed by atoms with Gasteiger partial charge in [0.25, 0.3) is 6.71 Å². The van der Waals surface area contributed by atoms with Crippen molar-refractivity contribution in [2.75, 3.05) is 9.80 Å². The van der Waals surface area contributed by atoms with Gasteiger partial charge in [-0.15, -0.1) is 0 Å². The van der Waals surface area contributed by atoms with Crippen LogP contribution in [0.2, 0.25) is 0 Å². The lowest BCUT2D eigenvalue weighted by atomic mass is 9.33. The number of hydrogen-bond donors (Lipinski definition) is 0. The number of aromatic nitrogens is 1. The van der Waals surface area contributed by atoms with E-state index in [2.05, 4.69) is 222 Å². The highest BCUT2D eigenvalue weighted by Gasteiger charge is 2.46. The number of benzene rings is 13. The van der Waals surface area contributed by atoms with Crippen molar-refractivity contribution in [2.24, 2.45) is 0 Å². The molecule has 4 nitrogen and oxygen atoms in total. The van der Waals surface area contributed by atoms with Gasteiger partial charge < -0.3 is 18.8 Å². The van der Waals surface area contributed by atoms with Crippen molar-refractivity contribution >= 4 is 101 Å². The van der Waals surface area contributed by atoms with Crippen molar-refractivity contribution in [2.45, 2.75) is 78.6 Å². The average Bonchev–Trinajstić information content (AvgIpc) is 1.37. The van der Waals surface area contributed by atoms with Crippen LogP contribution in [0, 0.1) is 0 Å². The summed E-state index contributed by atoms with van der Waals surface area (Å²) in [6, 6.07) is 74.4. The highest BCUT2D eigenvalue weighted by molar-refractivity contribution is 7.00. The van der Waals surface area contributed by atoms with Gasteiger partial charge in [-0.05, 0) is 173 Å². The predicted octanol–water partition coefficient (Wildman–Crippen LogP) is 23.0. The molecular weight excluding hydrogens is 1150 g/mol. The van der Waals surface area contributed by atoms with Crippen molar-refractivity contribution < 1.29 is 18.1 Å². The van der Waals surface area contributed by atoms with Gasteiger partial charge in [0.1, 0.15) is 11.2 Å². The topological polar surface area (TPSA) is 24.6 Å². The van der Waals surface area contributed by atoms with Crippen LogP contribution in [0.3, 0.4) is 0 Å². The summed E-state index contributed by atoms with van der Waals surface area (Å²) in [6.07, 6.45) is 0. The minimum atomic E-state index is -0.644. The Kier molecular flexibility index (Phi) is 11.0. The monoisotopic (exact) mass is 1230 g/mol. The van der Waals surface area contributed by atoms with Gasteiger partial charge in [-0.1, -0.05) is 268 Å². The first kappa shape index (κ1) is 47.9. The maximum absolute atomic E-state index is 9.63. The highest BCUT2D eigenvalue weighted by Crippen LogP contribution is 2.55. The number of rotatable bonds is 8. The van der Waals surface area contributed by atoms with E-state index in [0.29, 0.717) is 33.7 Å². The summed E-state index contributed by atoms with van der Waals surface area (Å²) in [5, 5.41) is 3.87. The summed E-state index contributed by atoms with van der Waals surface area (Å²) >= 11 is 0. The van der Waals surface area contributed by atoms with Crippen LogP contribution >= 0.6 is 0 Å². The van der Waals surface area contributed by atoms with Crippen molar-refractivity contribution in [1.29, 1.82) is 0 Å². The molecule has 0 atom stereocenters. The second-order valence-electron chi connectivity index (χ2n) is 28.6. The third kappa shape index (κ3) is 9.65. The van der Waals surface area contributed by atoms with E-state index in [1.807, 2.05) is 78.9 Å². The summed E-state index contributed by atoms with van der Waals surface area (Å²) in [7, 11) is 0. The van der Waals surface area contributed by atoms with E-state index in [1.54, 1.807) is 0 Å². The van der Waals surface area contributed by atoms with Crippen LogP contribution in [0.15, 0.2) is 289 Å². The Balaban J connectivity index is 1.12. The molecule has 2 aliphatic heterocycles. The minimum Gasteiger partial charge on any atom is -0.456 e. The molecule has 0 fully saturated rings. The quantitative estimate of drug-likeness (QED) is 0.142. The third-order valence-corrected chi connectivity index (χ3v) is 19.6. The minimum absolute atomic E-state index is 0.0505. The van der Waals surface area contributed by atoms with Crippen LogP contribution < -0.4 is 26.2 Å². The fourth-order valence-corrected chi connectivity index (χ4v) is 14.7. The third-order valence-electron chi connectivity index (χ3n) is 19.6. The standard InChI is InChI=1S/C90H74BN3O/c1-88(2,3)65-41-45-76-72(51-65)73-52-66(89(4,5)6)42-46-77(73)92(76)68-55-81-86-82(56-68)94(87-70(60-33-21-13-22-34-60)53-67(90(7,8)9)54-71(87)61-35-23-14-24-36-61)79-48-63(58-29-17-11-18-30-58)40-44-75(79)91(86)74-43-39-62(57-27-15-10-16-28-57)47-78(74)93(81)80-49-64(59-31-19-12-20-32-59)50-84-85(80)69-37-25-26-38-83(69)95-84/h10-56H,1-9H3/i10D,11D,15D,16D,17D,18D,27D,28D,29D,30D. The summed E-state index contributed by atoms with van der Waals surface area (Å²) in [4.78, 5) is 4.72. The zero-order chi connectivity index (χ0) is 73.4. The number of fused-ring (bicyclic) bond motifs is 10. The van der Waals surface area contributed by atoms with E-state index in [0.717, 1.165) is 116 Å². The molecule has 15 aromatic rings. The molecule has 13 aromatic carbocycles. The van der Waals surface area contributed by atoms with Gasteiger partial charge in [-0.2, -0.15) is 0 Å². The Hall–Kier alpha value is -10.9.